The molecule has 0 saturated heterocycles. The van der Waals surface area contributed by atoms with Crippen molar-refractivity contribution >= 4 is 0 Å². The third-order valence-electron chi connectivity index (χ3n) is 4.42. The van der Waals surface area contributed by atoms with Crippen LogP contribution in [0.5, 0.6) is 5.75 Å². The molecule has 0 spiro atoms. The van der Waals surface area contributed by atoms with Gasteiger partial charge in [-0.25, -0.2) is 0 Å². The summed E-state index contributed by atoms with van der Waals surface area (Å²) in [5, 5.41) is 8.44. The normalized spacial score (nSPS) is 12.3. The summed E-state index contributed by atoms with van der Waals surface area (Å²) in [5.41, 5.74) is 3.36. The van der Waals surface area contributed by atoms with Crippen LogP contribution in [0.3, 0.4) is 0 Å². The summed E-state index contributed by atoms with van der Waals surface area (Å²) in [6.07, 6.45) is 0. The fourth-order valence-electron chi connectivity index (χ4n) is 2.69. The van der Waals surface area contributed by atoms with Gasteiger partial charge in [-0.3, -0.25) is 4.90 Å². The maximum atomic E-state index is 5.90. The first-order valence-electron chi connectivity index (χ1n) is 8.89. The van der Waals surface area contributed by atoms with E-state index >= 15 is 0 Å². The van der Waals surface area contributed by atoms with E-state index in [4.69, 9.17) is 9.15 Å². The Kier molecular flexibility index (Phi) is 5.68. The number of benzene rings is 2. The van der Waals surface area contributed by atoms with Crippen LogP contribution in [0.25, 0.3) is 11.5 Å². The monoisotopic (exact) mass is 351 g/mol. The number of aromatic nitrogens is 2. The van der Waals surface area contributed by atoms with Gasteiger partial charge in [0.1, 0.15) is 5.75 Å². The Bertz CT molecular complexity index is 825. The van der Waals surface area contributed by atoms with Crippen molar-refractivity contribution < 1.29 is 9.15 Å². The van der Waals surface area contributed by atoms with E-state index in [1.165, 1.54) is 11.1 Å². The predicted octanol–water partition coefficient (Wildman–Crippen LogP) is 4.64. The largest absolute Gasteiger partial charge is 0.494 e. The van der Waals surface area contributed by atoms with E-state index in [2.05, 4.69) is 48.1 Å². The van der Waals surface area contributed by atoms with Crippen LogP contribution < -0.4 is 4.74 Å². The molecule has 1 unspecified atom stereocenters. The van der Waals surface area contributed by atoms with Crippen LogP contribution in [-0.2, 0) is 6.54 Å². The van der Waals surface area contributed by atoms with Crippen LogP contribution >= 0.6 is 0 Å². The molecule has 0 fully saturated rings. The van der Waals surface area contributed by atoms with E-state index in [1.807, 2.05) is 43.3 Å². The van der Waals surface area contributed by atoms with Crippen LogP contribution in [0.15, 0.2) is 52.9 Å². The molecule has 0 aliphatic rings. The molecule has 0 saturated carbocycles. The van der Waals surface area contributed by atoms with Crippen LogP contribution in [0.1, 0.15) is 36.9 Å². The van der Waals surface area contributed by atoms with Gasteiger partial charge in [-0.05, 0) is 57.6 Å². The third-order valence-corrected chi connectivity index (χ3v) is 4.42. The molecule has 0 N–H and O–H groups in total. The lowest BCUT2D eigenvalue weighted by atomic mass is 10.1. The molecule has 3 rings (SSSR count). The molecule has 0 bridgehead atoms. The van der Waals surface area contributed by atoms with Gasteiger partial charge in [0.15, 0.2) is 0 Å². The molecule has 2 aromatic carbocycles. The Balaban J connectivity index is 1.66. The van der Waals surface area contributed by atoms with Crippen LogP contribution in [0.2, 0.25) is 0 Å². The lowest BCUT2D eigenvalue weighted by Crippen LogP contribution is -2.22. The van der Waals surface area contributed by atoms with E-state index in [0.717, 1.165) is 17.9 Å². The Hall–Kier alpha value is -2.66. The molecule has 1 atom stereocenters. The van der Waals surface area contributed by atoms with Crippen LogP contribution in [0, 0.1) is 6.92 Å². The summed E-state index contributed by atoms with van der Waals surface area (Å²) in [6, 6.07) is 16.3. The predicted molar refractivity (Wildman–Crippen MR) is 102 cm³/mol. The van der Waals surface area contributed by atoms with Crippen LogP contribution in [-0.4, -0.2) is 28.8 Å². The zero-order chi connectivity index (χ0) is 18.5. The summed E-state index contributed by atoms with van der Waals surface area (Å²) >= 11 is 0. The van der Waals surface area contributed by atoms with Crippen molar-refractivity contribution in [1.82, 2.24) is 15.1 Å². The highest BCUT2D eigenvalue weighted by atomic mass is 16.5. The van der Waals surface area contributed by atoms with Gasteiger partial charge in [-0.2, -0.15) is 0 Å². The molecule has 1 aromatic heterocycles. The highest BCUT2D eigenvalue weighted by molar-refractivity contribution is 5.52. The van der Waals surface area contributed by atoms with Crippen molar-refractivity contribution in [1.29, 1.82) is 0 Å². The van der Waals surface area contributed by atoms with Gasteiger partial charge < -0.3 is 9.15 Å². The Morgan fingerprint density at radius 1 is 1.04 bits per heavy atom. The molecule has 136 valence electrons. The lowest BCUT2D eigenvalue weighted by Gasteiger charge is -2.21. The number of hydrogen-bond acceptors (Lipinski definition) is 5. The van der Waals surface area contributed by atoms with Gasteiger partial charge >= 0.3 is 0 Å². The molecule has 5 nitrogen and oxygen atoms in total. The minimum Gasteiger partial charge on any atom is -0.494 e. The summed E-state index contributed by atoms with van der Waals surface area (Å²) in [4.78, 5) is 2.18. The second-order valence-corrected chi connectivity index (χ2v) is 6.48. The number of ether oxygens (including phenoxy) is 1. The van der Waals surface area contributed by atoms with E-state index in [1.54, 1.807) is 0 Å². The summed E-state index contributed by atoms with van der Waals surface area (Å²) < 4.78 is 11.4. The molecular formula is C21H25N3O2. The SMILES string of the molecule is CCOc1ccc(CN(C)C(C)c2nnc(-c3ccc(C)cc3)o2)cc1. The molecule has 5 heteroatoms. The summed E-state index contributed by atoms with van der Waals surface area (Å²) in [6.45, 7) is 7.58. The van der Waals surface area contributed by atoms with E-state index in [-0.39, 0.29) is 6.04 Å². The zero-order valence-electron chi connectivity index (χ0n) is 15.8. The molecular weight excluding hydrogens is 326 g/mol. The van der Waals surface area contributed by atoms with Crippen molar-refractivity contribution in [2.75, 3.05) is 13.7 Å². The van der Waals surface area contributed by atoms with E-state index < -0.39 is 0 Å². The fraction of sp³-hybridized carbons (Fsp3) is 0.333. The van der Waals surface area contributed by atoms with Gasteiger partial charge in [0, 0.05) is 12.1 Å². The first-order valence-corrected chi connectivity index (χ1v) is 8.89. The number of hydrogen-bond donors (Lipinski definition) is 0. The second kappa shape index (κ2) is 8.15. The minimum absolute atomic E-state index is 0.0215. The van der Waals surface area contributed by atoms with Gasteiger partial charge in [0.05, 0.1) is 12.6 Å². The fourth-order valence-corrected chi connectivity index (χ4v) is 2.69. The topological polar surface area (TPSA) is 51.4 Å². The molecule has 0 radical (unpaired) electrons. The maximum Gasteiger partial charge on any atom is 0.247 e. The minimum atomic E-state index is 0.0215. The summed E-state index contributed by atoms with van der Waals surface area (Å²) in [5.74, 6) is 2.07. The Morgan fingerprint density at radius 2 is 1.73 bits per heavy atom. The van der Waals surface area contributed by atoms with Crippen molar-refractivity contribution in [3.63, 3.8) is 0 Å². The molecule has 0 amide bonds. The number of rotatable bonds is 7. The molecule has 26 heavy (non-hydrogen) atoms. The quantitative estimate of drug-likeness (QED) is 0.621. The molecule has 0 aliphatic carbocycles. The summed E-state index contributed by atoms with van der Waals surface area (Å²) in [7, 11) is 2.05. The van der Waals surface area contributed by atoms with Crippen molar-refractivity contribution in [2.45, 2.75) is 33.4 Å². The average molecular weight is 351 g/mol. The van der Waals surface area contributed by atoms with Gasteiger partial charge in [-0.1, -0.05) is 29.8 Å². The molecule has 3 aromatic rings. The molecule has 0 aliphatic heterocycles. The number of nitrogens with zero attached hydrogens (tertiary/aromatic N) is 3. The average Bonchev–Trinajstić information content (AvgIpc) is 3.13. The first kappa shape index (κ1) is 18.1. The van der Waals surface area contributed by atoms with E-state index in [0.29, 0.717) is 18.4 Å². The lowest BCUT2D eigenvalue weighted by molar-refractivity contribution is 0.218. The Morgan fingerprint density at radius 3 is 2.38 bits per heavy atom. The second-order valence-electron chi connectivity index (χ2n) is 6.48. The van der Waals surface area contributed by atoms with Crippen LogP contribution in [0.4, 0.5) is 0 Å². The number of aryl methyl sites for hydroxylation is 1. The zero-order valence-corrected chi connectivity index (χ0v) is 15.8. The van der Waals surface area contributed by atoms with Crippen molar-refractivity contribution in [3.05, 3.63) is 65.5 Å². The van der Waals surface area contributed by atoms with Crippen molar-refractivity contribution in [3.8, 4) is 17.2 Å². The highest BCUT2D eigenvalue weighted by Gasteiger charge is 2.19. The van der Waals surface area contributed by atoms with Gasteiger partial charge in [0.2, 0.25) is 11.8 Å². The standard InChI is InChI=1S/C21H25N3O2/c1-5-25-19-12-8-17(9-13-19)14-24(4)16(3)20-22-23-21(26-20)18-10-6-15(2)7-11-18/h6-13,16H,5,14H2,1-4H3. The molecule has 1 heterocycles. The smallest absolute Gasteiger partial charge is 0.247 e. The van der Waals surface area contributed by atoms with Gasteiger partial charge in [-0.15, -0.1) is 10.2 Å². The van der Waals surface area contributed by atoms with E-state index in [9.17, 15) is 0 Å². The maximum absolute atomic E-state index is 5.90. The Labute approximate surface area is 154 Å². The van der Waals surface area contributed by atoms with Gasteiger partial charge in [0.25, 0.3) is 0 Å². The first-order chi connectivity index (χ1) is 12.6. The highest BCUT2D eigenvalue weighted by Crippen LogP contribution is 2.24. The van der Waals surface area contributed by atoms with Crippen molar-refractivity contribution in [2.24, 2.45) is 0 Å². The third kappa shape index (κ3) is 4.29.